The zero-order valence-corrected chi connectivity index (χ0v) is 44.1. The number of nitrogens with zero attached hydrogens (tertiary/aromatic N) is 9. The Hall–Kier alpha value is -5.90. The van der Waals surface area contributed by atoms with Crippen molar-refractivity contribution < 1.29 is 24.0 Å². The zero-order chi connectivity index (χ0) is 51.2. The van der Waals surface area contributed by atoms with Crippen LogP contribution in [-0.2, 0) is 29.4 Å². The lowest BCUT2D eigenvalue weighted by atomic mass is 9.57. The smallest absolute Gasteiger partial charge is 0.238 e. The van der Waals surface area contributed by atoms with E-state index in [1.54, 1.807) is 6.20 Å². The SMILES string of the molecule is CC(C)n1cnc2cc(-c3ccc4c(c3)N([C@H]3C[C@@H](N5CCCCC5)C3)C(=O)C43CCN(C(=O)C4(C5CCN(C(=O)C6CCN(c7ccc(C8CCC(=O)NC8=O)cn7)CC6)CC5)CCC4)CC3)nc(NC3CC3)c21. The van der Waals surface area contributed by atoms with Gasteiger partial charge in [-0.15, -0.1) is 0 Å². The molecule has 1 atom stereocenters. The highest BCUT2D eigenvalue weighted by Crippen LogP contribution is 2.55. The molecule has 0 bridgehead atoms. The van der Waals surface area contributed by atoms with E-state index in [1.807, 2.05) is 18.5 Å². The molecule has 396 valence electrons. The van der Waals surface area contributed by atoms with Gasteiger partial charge in [0.25, 0.3) is 0 Å². The first-order valence-electron chi connectivity index (χ1n) is 29.0. The molecule has 1 unspecified atom stereocenters. The third-order valence-corrected chi connectivity index (χ3v) is 19.8. The highest BCUT2D eigenvalue weighted by atomic mass is 16.2. The summed E-state index contributed by atoms with van der Waals surface area (Å²) < 4.78 is 2.21. The molecule has 1 spiro atoms. The summed E-state index contributed by atoms with van der Waals surface area (Å²) in [6, 6.07) is 14.0. The van der Waals surface area contributed by atoms with Crippen LogP contribution in [0.25, 0.3) is 22.3 Å². The number of amides is 5. The van der Waals surface area contributed by atoms with Crippen molar-refractivity contribution >= 4 is 57.9 Å². The molecule has 75 heavy (non-hydrogen) atoms. The number of anilines is 3. The van der Waals surface area contributed by atoms with Crippen LogP contribution >= 0.6 is 0 Å². The molecule has 4 aromatic rings. The molecular formula is C59H75N11O5. The van der Waals surface area contributed by atoms with E-state index in [-0.39, 0.29) is 64.8 Å². The van der Waals surface area contributed by atoms with Crippen molar-refractivity contribution in [3.8, 4) is 11.3 Å². The summed E-state index contributed by atoms with van der Waals surface area (Å²) in [5.74, 6) is 1.83. The van der Waals surface area contributed by atoms with E-state index in [4.69, 9.17) is 9.97 Å². The molecule has 3 aromatic heterocycles. The molecule has 5 saturated heterocycles. The van der Waals surface area contributed by atoms with Crippen molar-refractivity contribution in [1.82, 2.24) is 39.5 Å². The third kappa shape index (κ3) is 8.59. The fraction of sp³-hybridized carbons (Fsp3) is 0.627. The van der Waals surface area contributed by atoms with E-state index in [2.05, 4.69) is 82.8 Å². The molecular weight excluding hydrogens is 943 g/mol. The van der Waals surface area contributed by atoms with Gasteiger partial charge in [-0.2, -0.15) is 0 Å². The largest absolute Gasteiger partial charge is 0.366 e. The molecule has 6 aliphatic heterocycles. The Kier molecular flexibility index (Phi) is 12.5. The molecule has 16 heteroatoms. The maximum Gasteiger partial charge on any atom is 0.238 e. The lowest BCUT2D eigenvalue weighted by Crippen LogP contribution is -2.60. The molecule has 3 aliphatic carbocycles. The summed E-state index contributed by atoms with van der Waals surface area (Å²) >= 11 is 0. The van der Waals surface area contributed by atoms with E-state index in [1.165, 1.54) is 19.3 Å². The van der Waals surface area contributed by atoms with Crippen LogP contribution in [0, 0.1) is 17.3 Å². The molecule has 9 heterocycles. The number of piperidine rings is 5. The molecule has 5 amide bonds. The number of likely N-dealkylation sites (tertiary alicyclic amines) is 3. The Morgan fingerprint density at radius 3 is 2.19 bits per heavy atom. The predicted molar refractivity (Wildman–Crippen MR) is 287 cm³/mol. The van der Waals surface area contributed by atoms with Crippen molar-refractivity contribution in [3.05, 3.63) is 60.0 Å². The number of hydrogen-bond acceptors (Lipinski definition) is 11. The van der Waals surface area contributed by atoms with Crippen molar-refractivity contribution in [2.75, 3.05) is 67.5 Å². The Morgan fingerprint density at radius 1 is 0.760 bits per heavy atom. The molecule has 9 aliphatic rings. The fourth-order valence-corrected chi connectivity index (χ4v) is 14.9. The second-order valence-corrected chi connectivity index (χ2v) is 24.4. The van der Waals surface area contributed by atoms with Gasteiger partial charge in [-0.25, -0.2) is 15.0 Å². The van der Waals surface area contributed by atoms with Gasteiger partial charge in [0, 0.05) is 93.2 Å². The number of imide groups is 1. The normalized spacial score (nSPS) is 26.4. The van der Waals surface area contributed by atoms with Crippen molar-refractivity contribution in [3.63, 3.8) is 0 Å². The number of fused-ring (bicyclic) bond motifs is 3. The number of rotatable bonds is 11. The fourth-order valence-electron chi connectivity index (χ4n) is 14.9. The molecule has 3 saturated carbocycles. The van der Waals surface area contributed by atoms with E-state index < -0.39 is 5.41 Å². The van der Waals surface area contributed by atoms with Gasteiger partial charge in [-0.3, -0.25) is 29.3 Å². The van der Waals surface area contributed by atoms with Crippen LogP contribution in [-0.4, -0.2) is 134 Å². The summed E-state index contributed by atoms with van der Waals surface area (Å²) in [4.78, 5) is 94.6. The summed E-state index contributed by atoms with van der Waals surface area (Å²) in [6.07, 6.45) is 20.0. The van der Waals surface area contributed by atoms with Gasteiger partial charge in [0.1, 0.15) is 11.3 Å². The lowest BCUT2D eigenvalue weighted by molar-refractivity contribution is -0.158. The van der Waals surface area contributed by atoms with Crippen LogP contribution in [0.5, 0.6) is 0 Å². The van der Waals surface area contributed by atoms with Gasteiger partial charge in [-0.1, -0.05) is 31.0 Å². The molecule has 0 radical (unpaired) electrons. The van der Waals surface area contributed by atoms with Crippen LogP contribution in [0.2, 0.25) is 0 Å². The average molecular weight is 1020 g/mol. The molecule has 2 N–H and O–H groups in total. The molecule has 8 fully saturated rings. The number of pyridine rings is 2. The summed E-state index contributed by atoms with van der Waals surface area (Å²) in [5, 5.41) is 6.16. The second kappa shape index (κ2) is 19.3. The number of benzene rings is 1. The van der Waals surface area contributed by atoms with Gasteiger partial charge >= 0.3 is 0 Å². The number of imidazole rings is 1. The third-order valence-electron chi connectivity index (χ3n) is 19.8. The standard InChI is InChI=1S/C59H75N11O5/c1-37(2)69-36-61-48-34-47(63-53(52(48)69)62-42-9-10-42)39-7-12-46-49(31-39)70(44-32-43(33-44)65-23-4-3-5-24-65)57(75)59(46)21-29-68(30-22-59)56(74)58(19-6-20-58)41-17-27-67(28-18-41)55(73)38-15-25-66(26-16-38)50-13-8-40(35-60-50)45-11-14-51(71)64-54(45)72/h7-8,12-13,31,34-38,41-45H,3-6,9-11,14-30,32-33H2,1-2H3,(H,62,63)(H,64,71,72)/t43-,44+,45?. The van der Waals surface area contributed by atoms with Gasteiger partial charge in [0.2, 0.25) is 29.5 Å². The number of aromatic nitrogens is 4. The van der Waals surface area contributed by atoms with Crippen LogP contribution in [0.4, 0.5) is 17.3 Å². The maximum absolute atomic E-state index is 15.4. The highest BCUT2D eigenvalue weighted by Gasteiger charge is 2.58. The van der Waals surface area contributed by atoms with Gasteiger partial charge in [0.05, 0.1) is 34.3 Å². The van der Waals surface area contributed by atoms with E-state index >= 15 is 9.59 Å². The summed E-state index contributed by atoms with van der Waals surface area (Å²) in [6.45, 7) is 10.7. The van der Waals surface area contributed by atoms with E-state index in [9.17, 15) is 14.4 Å². The predicted octanol–water partition coefficient (Wildman–Crippen LogP) is 7.72. The first-order valence-corrected chi connectivity index (χ1v) is 29.0. The maximum atomic E-state index is 15.4. The first-order chi connectivity index (χ1) is 36.5. The zero-order valence-electron chi connectivity index (χ0n) is 44.1. The molecule has 16 nitrogen and oxygen atoms in total. The minimum absolute atomic E-state index is 0.0321. The Balaban J connectivity index is 0.671. The van der Waals surface area contributed by atoms with Crippen molar-refractivity contribution in [1.29, 1.82) is 0 Å². The molecule has 13 rings (SSSR count). The number of hydrogen-bond donors (Lipinski definition) is 2. The Morgan fingerprint density at radius 2 is 1.52 bits per heavy atom. The monoisotopic (exact) mass is 1020 g/mol. The second-order valence-electron chi connectivity index (χ2n) is 24.4. The van der Waals surface area contributed by atoms with Gasteiger partial charge in [-0.05, 0) is 158 Å². The number of nitrogens with one attached hydrogen (secondary N) is 2. The van der Waals surface area contributed by atoms with Crippen LogP contribution < -0.4 is 20.4 Å². The minimum atomic E-state index is -0.666. The summed E-state index contributed by atoms with van der Waals surface area (Å²) in [5.41, 5.74) is 5.74. The summed E-state index contributed by atoms with van der Waals surface area (Å²) in [7, 11) is 0. The first kappa shape index (κ1) is 48.7. The van der Waals surface area contributed by atoms with Crippen molar-refractivity contribution in [2.45, 2.75) is 165 Å². The van der Waals surface area contributed by atoms with Gasteiger partial charge < -0.3 is 34.4 Å². The average Bonchev–Trinajstić information content (AvgIpc) is 4.10. The highest BCUT2D eigenvalue weighted by molar-refractivity contribution is 6.09. The van der Waals surface area contributed by atoms with Crippen LogP contribution in [0.15, 0.2) is 48.9 Å². The number of carbonyl (C=O) groups excluding carboxylic acids is 5. The Bertz CT molecular complexity index is 2870. The van der Waals surface area contributed by atoms with Crippen LogP contribution in [0.1, 0.15) is 153 Å². The van der Waals surface area contributed by atoms with E-state index in [0.29, 0.717) is 63.9 Å². The number of carbonyl (C=O) groups is 5. The van der Waals surface area contributed by atoms with Gasteiger partial charge in [0.15, 0.2) is 5.82 Å². The van der Waals surface area contributed by atoms with Crippen LogP contribution in [0.3, 0.4) is 0 Å². The molecule has 1 aromatic carbocycles. The lowest BCUT2D eigenvalue weighted by Gasteiger charge is -2.52. The van der Waals surface area contributed by atoms with Crippen molar-refractivity contribution in [2.24, 2.45) is 17.3 Å². The Labute approximate surface area is 440 Å². The minimum Gasteiger partial charge on any atom is -0.366 e. The topological polar surface area (TPSA) is 169 Å². The quantitative estimate of drug-likeness (QED) is 0.141. The van der Waals surface area contributed by atoms with E-state index in [0.717, 1.165) is 148 Å².